The number of likely N-dealkylation sites (N-methyl/N-ethyl adjacent to an activating group) is 1. The highest BCUT2D eigenvalue weighted by Gasteiger charge is 2.24. The van der Waals surface area contributed by atoms with Crippen LogP contribution in [0.15, 0.2) is 36.4 Å². The standard InChI is InChI=1S/C19H24ClN3O/c1-14-3-6-16-12-23(11-15-4-7-17(20)8-5-15)10-9-18(13-24)22(2)19(16)21-14/h3-8,18,24H,9-13H2,1-2H3/t18-/m0/s1. The maximum atomic E-state index is 9.78. The van der Waals surface area contributed by atoms with Crippen LogP contribution in [0.5, 0.6) is 0 Å². The van der Waals surface area contributed by atoms with Gasteiger partial charge in [0.2, 0.25) is 0 Å². The zero-order valence-electron chi connectivity index (χ0n) is 14.2. The summed E-state index contributed by atoms with van der Waals surface area (Å²) >= 11 is 5.98. The SMILES string of the molecule is Cc1ccc2c(n1)N(C)[C@H](CO)CCN(Cc1ccc(Cl)cc1)C2. The minimum absolute atomic E-state index is 0.0890. The molecule has 2 heterocycles. The first kappa shape index (κ1) is 17.2. The molecule has 5 heteroatoms. The summed E-state index contributed by atoms with van der Waals surface area (Å²) in [6.45, 7) is 4.80. The molecule has 1 aromatic carbocycles. The lowest BCUT2D eigenvalue weighted by Gasteiger charge is -2.35. The molecule has 0 aliphatic carbocycles. The number of benzene rings is 1. The largest absolute Gasteiger partial charge is 0.394 e. The summed E-state index contributed by atoms with van der Waals surface area (Å²) in [5.41, 5.74) is 3.45. The Labute approximate surface area is 148 Å². The maximum absolute atomic E-state index is 9.78. The van der Waals surface area contributed by atoms with Gasteiger partial charge in [0, 0.05) is 43.0 Å². The second kappa shape index (κ2) is 7.51. The van der Waals surface area contributed by atoms with Crippen LogP contribution in [0.3, 0.4) is 0 Å². The Morgan fingerprint density at radius 3 is 2.67 bits per heavy atom. The Morgan fingerprint density at radius 1 is 1.21 bits per heavy atom. The van der Waals surface area contributed by atoms with Crippen molar-refractivity contribution in [2.45, 2.75) is 32.5 Å². The molecule has 0 unspecified atom stereocenters. The van der Waals surface area contributed by atoms with Gasteiger partial charge in [-0.3, -0.25) is 4.90 Å². The molecule has 0 fully saturated rings. The van der Waals surface area contributed by atoms with Gasteiger partial charge < -0.3 is 10.0 Å². The number of aliphatic hydroxyl groups excluding tert-OH is 1. The molecule has 2 aromatic rings. The first-order chi connectivity index (χ1) is 11.6. The van der Waals surface area contributed by atoms with Gasteiger partial charge in [-0.1, -0.05) is 29.8 Å². The van der Waals surface area contributed by atoms with E-state index in [0.29, 0.717) is 0 Å². The van der Waals surface area contributed by atoms with Crippen molar-refractivity contribution in [3.63, 3.8) is 0 Å². The van der Waals surface area contributed by atoms with E-state index in [9.17, 15) is 5.11 Å². The van der Waals surface area contributed by atoms with Crippen molar-refractivity contribution in [2.24, 2.45) is 0 Å². The van der Waals surface area contributed by atoms with Crippen LogP contribution in [-0.4, -0.2) is 41.2 Å². The van der Waals surface area contributed by atoms with Gasteiger partial charge in [-0.2, -0.15) is 0 Å². The quantitative estimate of drug-likeness (QED) is 0.927. The molecule has 1 aromatic heterocycles. The van der Waals surface area contributed by atoms with E-state index in [-0.39, 0.29) is 12.6 Å². The van der Waals surface area contributed by atoms with E-state index in [1.807, 2.05) is 26.1 Å². The number of aromatic nitrogens is 1. The number of rotatable bonds is 3. The summed E-state index contributed by atoms with van der Waals surface area (Å²) in [4.78, 5) is 9.26. The van der Waals surface area contributed by atoms with E-state index < -0.39 is 0 Å². The summed E-state index contributed by atoms with van der Waals surface area (Å²) in [6, 6.07) is 12.3. The highest BCUT2D eigenvalue weighted by molar-refractivity contribution is 6.30. The Balaban J connectivity index is 1.86. The lowest BCUT2D eigenvalue weighted by molar-refractivity contribution is 0.205. The number of halogens is 1. The van der Waals surface area contributed by atoms with Gasteiger partial charge in [0.25, 0.3) is 0 Å². The summed E-state index contributed by atoms with van der Waals surface area (Å²) in [7, 11) is 2.03. The van der Waals surface area contributed by atoms with E-state index >= 15 is 0 Å². The molecule has 0 bridgehead atoms. The molecule has 0 radical (unpaired) electrons. The third-order valence-corrected chi connectivity index (χ3v) is 4.93. The van der Waals surface area contributed by atoms with Crippen molar-refractivity contribution >= 4 is 17.4 Å². The molecule has 0 spiro atoms. The fourth-order valence-electron chi connectivity index (χ4n) is 3.22. The van der Waals surface area contributed by atoms with Crippen molar-refractivity contribution in [3.8, 4) is 0 Å². The first-order valence-electron chi connectivity index (χ1n) is 8.34. The monoisotopic (exact) mass is 345 g/mol. The van der Waals surface area contributed by atoms with Gasteiger partial charge in [0.15, 0.2) is 0 Å². The molecule has 24 heavy (non-hydrogen) atoms. The Hall–Kier alpha value is -1.62. The second-order valence-corrected chi connectivity index (χ2v) is 6.94. The molecule has 4 nitrogen and oxygen atoms in total. The van der Waals surface area contributed by atoms with Gasteiger partial charge in [0.05, 0.1) is 12.6 Å². The third-order valence-electron chi connectivity index (χ3n) is 4.68. The van der Waals surface area contributed by atoms with Crippen molar-refractivity contribution in [3.05, 3.63) is 58.2 Å². The van der Waals surface area contributed by atoms with E-state index in [2.05, 4.69) is 34.1 Å². The van der Waals surface area contributed by atoms with Gasteiger partial charge in [-0.15, -0.1) is 0 Å². The number of aryl methyl sites for hydroxylation is 1. The van der Waals surface area contributed by atoms with Gasteiger partial charge in [-0.25, -0.2) is 4.98 Å². The normalized spacial score (nSPS) is 18.8. The van der Waals surface area contributed by atoms with Crippen LogP contribution in [0.2, 0.25) is 5.02 Å². The molecule has 0 saturated heterocycles. The number of hydrogen-bond acceptors (Lipinski definition) is 4. The van der Waals surface area contributed by atoms with E-state index in [0.717, 1.165) is 42.6 Å². The molecular formula is C19H24ClN3O. The number of pyridine rings is 1. The zero-order valence-corrected chi connectivity index (χ0v) is 15.0. The molecular weight excluding hydrogens is 322 g/mol. The maximum Gasteiger partial charge on any atom is 0.133 e. The highest BCUT2D eigenvalue weighted by atomic mass is 35.5. The van der Waals surface area contributed by atoms with Crippen molar-refractivity contribution < 1.29 is 5.11 Å². The fraction of sp³-hybridized carbons (Fsp3) is 0.421. The molecule has 1 aliphatic rings. The second-order valence-electron chi connectivity index (χ2n) is 6.51. The molecule has 1 N–H and O–H groups in total. The smallest absolute Gasteiger partial charge is 0.133 e. The lowest BCUT2D eigenvalue weighted by Crippen LogP contribution is -2.41. The van der Waals surface area contributed by atoms with Crippen LogP contribution in [0.4, 0.5) is 5.82 Å². The topological polar surface area (TPSA) is 39.6 Å². The minimum Gasteiger partial charge on any atom is -0.394 e. The van der Waals surface area contributed by atoms with Crippen LogP contribution in [0.25, 0.3) is 0 Å². The van der Waals surface area contributed by atoms with Crippen molar-refractivity contribution in [1.82, 2.24) is 9.88 Å². The average Bonchev–Trinajstić information content (AvgIpc) is 2.57. The fourth-order valence-corrected chi connectivity index (χ4v) is 3.34. The first-order valence-corrected chi connectivity index (χ1v) is 8.71. The van der Waals surface area contributed by atoms with Crippen LogP contribution in [0, 0.1) is 6.92 Å². The number of aliphatic hydroxyl groups is 1. The third kappa shape index (κ3) is 3.89. The lowest BCUT2D eigenvalue weighted by atomic mass is 10.1. The van der Waals surface area contributed by atoms with Crippen LogP contribution in [0.1, 0.15) is 23.2 Å². The molecule has 0 saturated carbocycles. The van der Waals surface area contributed by atoms with E-state index in [1.54, 1.807) is 0 Å². The van der Waals surface area contributed by atoms with Gasteiger partial charge >= 0.3 is 0 Å². The summed E-state index contributed by atoms with van der Waals surface area (Å²) in [6.07, 6.45) is 0.912. The Bertz CT molecular complexity index is 690. The van der Waals surface area contributed by atoms with Gasteiger partial charge in [-0.05, 0) is 37.1 Å². The van der Waals surface area contributed by atoms with E-state index in [1.165, 1.54) is 11.1 Å². The highest BCUT2D eigenvalue weighted by Crippen LogP contribution is 2.26. The number of fused-ring (bicyclic) bond motifs is 1. The van der Waals surface area contributed by atoms with Crippen molar-refractivity contribution in [2.75, 3.05) is 25.1 Å². The van der Waals surface area contributed by atoms with Crippen LogP contribution < -0.4 is 4.90 Å². The predicted octanol–water partition coefficient (Wildman–Crippen LogP) is 3.25. The summed E-state index contributed by atoms with van der Waals surface area (Å²) in [5, 5.41) is 10.5. The number of hydrogen-bond donors (Lipinski definition) is 1. The molecule has 1 atom stereocenters. The van der Waals surface area contributed by atoms with Gasteiger partial charge in [0.1, 0.15) is 5.82 Å². The average molecular weight is 346 g/mol. The van der Waals surface area contributed by atoms with E-state index in [4.69, 9.17) is 16.6 Å². The van der Waals surface area contributed by atoms with Crippen molar-refractivity contribution in [1.29, 1.82) is 0 Å². The van der Waals surface area contributed by atoms with Crippen LogP contribution >= 0.6 is 11.6 Å². The molecule has 3 rings (SSSR count). The number of anilines is 1. The Morgan fingerprint density at radius 2 is 1.96 bits per heavy atom. The summed E-state index contributed by atoms with van der Waals surface area (Å²) < 4.78 is 0. The molecule has 1 aliphatic heterocycles. The Kier molecular flexibility index (Phi) is 5.39. The molecule has 128 valence electrons. The molecule has 0 amide bonds. The minimum atomic E-state index is 0.0890. The predicted molar refractivity (Wildman–Crippen MR) is 98.4 cm³/mol. The summed E-state index contributed by atoms with van der Waals surface area (Å²) in [5.74, 6) is 0.981. The number of nitrogens with zero attached hydrogens (tertiary/aromatic N) is 3. The zero-order chi connectivity index (χ0) is 17.1. The van der Waals surface area contributed by atoms with Crippen LogP contribution in [-0.2, 0) is 13.1 Å².